The Bertz CT molecular complexity index is 576. The lowest BCUT2D eigenvalue weighted by Crippen LogP contribution is -2.42. The molecule has 1 aromatic carbocycles. The Balaban J connectivity index is 2.17. The summed E-state index contributed by atoms with van der Waals surface area (Å²) in [5.74, 6) is 0. The van der Waals surface area contributed by atoms with Gasteiger partial charge in [0.2, 0.25) is 0 Å². The van der Waals surface area contributed by atoms with E-state index in [4.69, 9.17) is 0 Å². The van der Waals surface area contributed by atoms with Gasteiger partial charge in [0.15, 0.2) is 0 Å². The van der Waals surface area contributed by atoms with Crippen LogP contribution in [0.2, 0.25) is 0 Å². The van der Waals surface area contributed by atoms with Crippen LogP contribution in [0.1, 0.15) is 77.6 Å². The van der Waals surface area contributed by atoms with Crippen molar-refractivity contribution in [3.63, 3.8) is 0 Å². The molecule has 0 amide bonds. The van der Waals surface area contributed by atoms with Gasteiger partial charge in [-0.05, 0) is 33.5 Å². The zero-order valence-corrected chi connectivity index (χ0v) is 18.1. The number of hydrogen-bond acceptors (Lipinski definition) is 5. The minimum Gasteiger partial charge on any atom is -0.380 e. The van der Waals surface area contributed by atoms with Crippen molar-refractivity contribution < 1.29 is 0 Å². The maximum Gasteiger partial charge on any atom is 0.253 e. The van der Waals surface area contributed by atoms with Crippen molar-refractivity contribution in [3.8, 4) is 0 Å². The van der Waals surface area contributed by atoms with Gasteiger partial charge in [-0.1, -0.05) is 64.7 Å². The van der Waals surface area contributed by atoms with Crippen LogP contribution in [0.5, 0.6) is 0 Å². The van der Waals surface area contributed by atoms with E-state index >= 15 is 0 Å². The predicted molar refractivity (Wildman–Crippen MR) is 118 cm³/mol. The molecule has 0 bridgehead atoms. The molecule has 5 nitrogen and oxygen atoms in total. The Morgan fingerprint density at radius 1 is 0.704 bits per heavy atom. The van der Waals surface area contributed by atoms with Gasteiger partial charge in [-0.2, -0.15) is 0 Å². The molecule has 0 saturated heterocycles. The van der Waals surface area contributed by atoms with Crippen LogP contribution in [0.25, 0.3) is 0 Å². The second-order valence-electron chi connectivity index (χ2n) is 8.07. The number of anilines is 2. The van der Waals surface area contributed by atoms with Crippen LogP contribution >= 0.6 is 0 Å². The fraction of sp³-hybridized carbons (Fsp3) is 0.818. The van der Waals surface area contributed by atoms with Crippen LogP contribution in [0.15, 0.2) is 9.59 Å². The van der Waals surface area contributed by atoms with Crippen molar-refractivity contribution in [1.29, 1.82) is 0 Å². The number of hydrogen-bond donors (Lipinski definition) is 1. The first-order valence-electron chi connectivity index (χ1n) is 10.9. The predicted octanol–water partition coefficient (Wildman–Crippen LogP) is 4.00. The smallest absolute Gasteiger partial charge is 0.253 e. The van der Waals surface area contributed by atoms with Gasteiger partial charge in [-0.15, -0.1) is 0 Å². The van der Waals surface area contributed by atoms with Crippen LogP contribution in [0, 0.1) is 0 Å². The average Bonchev–Trinajstić information content (AvgIpc) is 2.64. The van der Waals surface area contributed by atoms with Crippen molar-refractivity contribution in [3.05, 3.63) is 20.4 Å². The van der Waals surface area contributed by atoms with E-state index < -0.39 is 0 Å². The number of nitrogens with one attached hydrogen (secondary N) is 1. The van der Waals surface area contributed by atoms with Crippen LogP contribution in [0.4, 0.5) is 11.4 Å². The highest BCUT2D eigenvalue weighted by Gasteiger charge is 2.23. The van der Waals surface area contributed by atoms with E-state index in [9.17, 15) is 9.59 Å². The molecule has 1 N–H and O–H groups in total. The molecule has 0 saturated carbocycles. The molecule has 5 heteroatoms. The van der Waals surface area contributed by atoms with Gasteiger partial charge in [-0.3, -0.25) is 9.59 Å². The van der Waals surface area contributed by atoms with Crippen LogP contribution in [0.3, 0.4) is 0 Å². The Morgan fingerprint density at radius 2 is 1.26 bits per heavy atom. The third kappa shape index (κ3) is 8.91. The molecular formula is C22H41N3O2. The quantitative estimate of drug-likeness (QED) is 0.327. The Hall–Kier alpha value is -1.36. The van der Waals surface area contributed by atoms with E-state index in [1.54, 1.807) is 0 Å². The fourth-order valence-corrected chi connectivity index (χ4v) is 3.47. The third-order valence-corrected chi connectivity index (χ3v) is 5.20. The molecule has 1 aromatic rings. The molecule has 0 aliphatic rings. The summed E-state index contributed by atoms with van der Waals surface area (Å²) in [4.78, 5) is 27.8. The minimum atomic E-state index is -0.350. The van der Waals surface area contributed by atoms with Gasteiger partial charge in [0.25, 0.3) is 10.9 Å². The van der Waals surface area contributed by atoms with Crippen LogP contribution in [-0.2, 0) is 0 Å². The van der Waals surface area contributed by atoms with Crippen molar-refractivity contribution >= 4 is 11.4 Å². The van der Waals surface area contributed by atoms with E-state index in [1.165, 1.54) is 57.8 Å². The van der Waals surface area contributed by atoms with E-state index in [0.717, 1.165) is 32.5 Å². The Morgan fingerprint density at radius 3 is 1.81 bits per heavy atom. The lowest BCUT2D eigenvalue weighted by molar-refractivity contribution is 0.401. The summed E-state index contributed by atoms with van der Waals surface area (Å²) < 4.78 is 0. The molecule has 0 aromatic heterocycles. The first-order valence-corrected chi connectivity index (χ1v) is 10.9. The summed E-state index contributed by atoms with van der Waals surface area (Å²) in [5.41, 5.74) is 0.415. The summed E-state index contributed by atoms with van der Waals surface area (Å²) in [6, 6.07) is 0. The maximum atomic E-state index is 11.9. The van der Waals surface area contributed by atoms with Crippen LogP contribution in [-0.4, -0.2) is 45.7 Å². The third-order valence-electron chi connectivity index (χ3n) is 5.20. The summed E-state index contributed by atoms with van der Waals surface area (Å²) in [5, 5.41) is 3.21. The van der Waals surface area contributed by atoms with Crippen molar-refractivity contribution in [1.82, 2.24) is 4.90 Å². The van der Waals surface area contributed by atoms with E-state index in [-0.39, 0.29) is 10.9 Å². The van der Waals surface area contributed by atoms with Gasteiger partial charge in [0.1, 0.15) is 11.4 Å². The highest BCUT2D eigenvalue weighted by atomic mass is 16.2. The first kappa shape index (κ1) is 23.7. The number of nitrogens with zero attached hydrogens (tertiary/aromatic N) is 2. The highest BCUT2D eigenvalue weighted by molar-refractivity contribution is 5.74. The lowest BCUT2D eigenvalue weighted by Gasteiger charge is -2.24. The molecule has 0 aliphatic heterocycles. The second kappa shape index (κ2) is 13.8. The number of unbranched alkanes of at least 4 members (excludes halogenated alkanes) is 9. The standard InChI is InChI=1S/C22H41N3O2/c1-5-6-7-8-9-10-11-12-13-14-16-23-19-20(22(27)21(19)26)25(4)18-15-17-24(2)3/h23H,5-18H2,1-4H3. The van der Waals surface area contributed by atoms with Crippen molar-refractivity contribution in [2.45, 2.75) is 77.6 Å². The van der Waals surface area contributed by atoms with E-state index in [1.807, 2.05) is 26.0 Å². The summed E-state index contributed by atoms with van der Waals surface area (Å²) in [7, 11) is 5.98. The Kier molecular flexibility index (Phi) is 12.1. The molecule has 27 heavy (non-hydrogen) atoms. The van der Waals surface area contributed by atoms with Gasteiger partial charge >= 0.3 is 0 Å². The van der Waals surface area contributed by atoms with Crippen molar-refractivity contribution in [2.24, 2.45) is 0 Å². The topological polar surface area (TPSA) is 52.6 Å². The normalized spacial score (nSPS) is 11.4. The summed E-state index contributed by atoms with van der Waals surface area (Å²) in [6.45, 7) is 4.79. The fourth-order valence-electron chi connectivity index (χ4n) is 3.47. The SMILES string of the molecule is CCCCCCCCCCCCNc1c(N(C)CCCN(C)C)c(=O)c1=O. The first-order chi connectivity index (χ1) is 13.0. The zero-order chi connectivity index (χ0) is 20.1. The van der Waals surface area contributed by atoms with Crippen molar-refractivity contribution in [2.75, 3.05) is 51.0 Å². The molecular weight excluding hydrogens is 338 g/mol. The molecule has 0 unspecified atom stereocenters. The van der Waals surface area contributed by atoms with Crippen LogP contribution < -0.4 is 21.1 Å². The highest BCUT2D eigenvalue weighted by Crippen LogP contribution is 2.19. The lowest BCUT2D eigenvalue weighted by atomic mass is 10.1. The molecule has 0 spiro atoms. The van der Waals surface area contributed by atoms with Gasteiger partial charge in [-0.25, -0.2) is 0 Å². The van der Waals surface area contributed by atoms with E-state index in [0.29, 0.717) is 11.4 Å². The van der Waals surface area contributed by atoms with Gasteiger partial charge in [0.05, 0.1) is 0 Å². The Labute approximate surface area is 165 Å². The summed E-state index contributed by atoms with van der Waals surface area (Å²) in [6.07, 6.45) is 13.9. The number of rotatable bonds is 17. The molecule has 0 fully saturated rings. The van der Waals surface area contributed by atoms with Gasteiger partial charge in [0, 0.05) is 20.1 Å². The van der Waals surface area contributed by atoms with Gasteiger partial charge < -0.3 is 15.1 Å². The monoisotopic (exact) mass is 379 g/mol. The summed E-state index contributed by atoms with van der Waals surface area (Å²) >= 11 is 0. The van der Waals surface area contributed by atoms with E-state index in [2.05, 4.69) is 17.1 Å². The molecule has 156 valence electrons. The minimum absolute atomic E-state index is 0.340. The average molecular weight is 380 g/mol. The molecule has 0 aliphatic carbocycles. The molecule has 0 atom stereocenters. The molecule has 0 radical (unpaired) electrons. The maximum absolute atomic E-state index is 11.9. The zero-order valence-electron chi connectivity index (χ0n) is 18.1. The molecule has 1 rings (SSSR count). The second-order valence-corrected chi connectivity index (χ2v) is 8.07. The largest absolute Gasteiger partial charge is 0.380 e. The molecule has 0 heterocycles.